The molecule has 2 atom stereocenters. The minimum atomic E-state index is -0.807. The molecular formula is C17H24N2O5. The molecular weight excluding hydrogens is 312 g/mol. The summed E-state index contributed by atoms with van der Waals surface area (Å²) in [5, 5.41) is 15.0. The van der Waals surface area contributed by atoms with E-state index in [1.807, 2.05) is 6.07 Å². The molecule has 1 saturated heterocycles. The predicted molar refractivity (Wildman–Crippen MR) is 86.9 cm³/mol. The summed E-state index contributed by atoms with van der Waals surface area (Å²) in [5.41, 5.74) is 0.682. The van der Waals surface area contributed by atoms with Gasteiger partial charge in [-0.3, -0.25) is 9.59 Å². The number of aliphatic hydroxyl groups excluding tert-OH is 1. The zero-order valence-electron chi connectivity index (χ0n) is 13.7. The van der Waals surface area contributed by atoms with Gasteiger partial charge in [-0.25, -0.2) is 0 Å². The minimum Gasteiger partial charge on any atom is -0.394 e. The third-order valence-electron chi connectivity index (χ3n) is 3.76. The maximum absolute atomic E-state index is 12.6. The lowest BCUT2D eigenvalue weighted by molar-refractivity contribution is -0.130. The second kappa shape index (κ2) is 9.36. The fraction of sp³-hybridized carbons (Fsp3) is 0.529. The Labute approximate surface area is 141 Å². The van der Waals surface area contributed by atoms with Gasteiger partial charge < -0.3 is 25.2 Å². The van der Waals surface area contributed by atoms with E-state index in [0.29, 0.717) is 25.2 Å². The fourth-order valence-corrected chi connectivity index (χ4v) is 2.45. The number of amides is 2. The van der Waals surface area contributed by atoms with E-state index in [9.17, 15) is 14.7 Å². The summed E-state index contributed by atoms with van der Waals surface area (Å²) in [6.45, 7) is 2.50. The lowest BCUT2D eigenvalue weighted by Crippen LogP contribution is -2.46. The third-order valence-corrected chi connectivity index (χ3v) is 3.76. The summed E-state index contributed by atoms with van der Waals surface area (Å²) < 4.78 is 10.7. The minimum absolute atomic E-state index is 0.220. The molecule has 2 rings (SSSR count). The molecule has 3 N–H and O–H groups in total. The summed E-state index contributed by atoms with van der Waals surface area (Å²) in [5.74, 6) is -0.595. The monoisotopic (exact) mass is 336 g/mol. The molecule has 7 heteroatoms. The van der Waals surface area contributed by atoms with Crippen molar-refractivity contribution in [1.82, 2.24) is 10.6 Å². The van der Waals surface area contributed by atoms with Gasteiger partial charge in [-0.15, -0.1) is 0 Å². The largest absolute Gasteiger partial charge is 0.394 e. The molecule has 0 spiro atoms. The van der Waals surface area contributed by atoms with E-state index >= 15 is 0 Å². The second-order valence-corrected chi connectivity index (χ2v) is 5.56. The number of carbonyl (C=O) groups is 2. The van der Waals surface area contributed by atoms with Gasteiger partial charge in [0.15, 0.2) is 6.29 Å². The van der Waals surface area contributed by atoms with Crippen LogP contribution in [0, 0.1) is 0 Å². The van der Waals surface area contributed by atoms with Crippen molar-refractivity contribution in [2.24, 2.45) is 0 Å². The molecule has 1 aliphatic rings. The van der Waals surface area contributed by atoms with Crippen molar-refractivity contribution in [2.75, 3.05) is 19.8 Å². The van der Waals surface area contributed by atoms with Crippen molar-refractivity contribution in [3.63, 3.8) is 0 Å². The van der Waals surface area contributed by atoms with Crippen LogP contribution >= 0.6 is 0 Å². The van der Waals surface area contributed by atoms with E-state index in [1.165, 1.54) is 0 Å². The van der Waals surface area contributed by atoms with Gasteiger partial charge in [0, 0.05) is 12.8 Å². The molecule has 0 saturated carbocycles. The summed E-state index contributed by atoms with van der Waals surface area (Å²) in [6.07, 6.45) is 0.206. The molecule has 2 amide bonds. The average Bonchev–Trinajstić information content (AvgIpc) is 3.12. The highest BCUT2D eigenvalue weighted by atomic mass is 16.7. The average molecular weight is 336 g/mol. The van der Waals surface area contributed by atoms with Gasteiger partial charge in [0.2, 0.25) is 11.8 Å². The number of benzene rings is 1. The van der Waals surface area contributed by atoms with E-state index in [1.54, 1.807) is 31.2 Å². The Morgan fingerprint density at radius 3 is 2.46 bits per heavy atom. The van der Waals surface area contributed by atoms with Crippen LogP contribution in [0.2, 0.25) is 0 Å². The highest BCUT2D eigenvalue weighted by molar-refractivity contribution is 5.88. The molecule has 7 nitrogen and oxygen atoms in total. The standard InChI is InChI=1S/C17H24N2O5/c1-2-14(21)19-16(12-6-4-3-5-7-12)17(22)18-13(11-20)10-15-23-8-9-24-15/h3-7,13,15-16,20H,2,8-11H2,1H3,(H,18,22)(H,19,21). The summed E-state index contributed by atoms with van der Waals surface area (Å²) >= 11 is 0. The maximum atomic E-state index is 12.6. The molecule has 1 heterocycles. The zero-order valence-corrected chi connectivity index (χ0v) is 13.7. The van der Waals surface area contributed by atoms with Crippen molar-refractivity contribution >= 4 is 11.8 Å². The van der Waals surface area contributed by atoms with Gasteiger partial charge in [0.05, 0.1) is 25.9 Å². The number of nitrogens with one attached hydrogen (secondary N) is 2. The van der Waals surface area contributed by atoms with Crippen molar-refractivity contribution < 1.29 is 24.2 Å². The molecule has 0 radical (unpaired) electrons. The first-order valence-electron chi connectivity index (χ1n) is 8.12. The Morgan fingerprint density at radius 2 is 1.88 bits per heavy atom. The quantitative estimate of drug-likeness (QED) is 0.642. The van der Waals surface area contributed by atoms with E-state index in [2.05, 4.69) is 10.6 Å². The molecule has 1 aromatic rings. The highest BCUT2D eigenvalue weighted by Crippen LogP contribution is 2.15. The Kier molecular flexibility index (Phi) is 7.17. The van der Waals surface area contributed by atoms with Crippen molar-refractivity contribution in [1.29, 1.82) is 0 Å². The molecule has 132 valence electrons. The van der Waals surface area contributed by atoms with Gasteiger partial charge >= 0.3 is 0 Å². The van der Waals surface area contributed by atoms with Crippen molar-refractivity contribution in [3.05, 3.63) is 35.9 Å². The lowest BCUT2D eigenvalue weighted by Gasteiger charge is -2.24. The third kappa shape index (κ3) is 5.30. The van der Waals surface area contributed by atoms with Gasteiger partial charge in [-0.2, -0.15) is 0 Å². The Morgan fingerprint density at radius 1 is 1.21 bits per heavy atom. The van der Waals surface area contributed by atoms with E-state index in [0.717, 1.165) is 0 Å². The SMILES string of the molecule is CCC(=O)NC(C(=O)NC(CO)CC1OCCO1)c1ccccc1. The second-order valence-electron chi connectivity index (χ2n) is 5.56. The van der Waals surface area contributed by atoms with Crippen LogP contribution < -0.4 is 10.6 Å². The Balaban J connectivity index is 2.03. The maximum Gasteiger partial charge on any atom is 0.247 e. The van der Waals surface area contributed by atoms with Gasteiger partial charge in [0.25, 0.3) is 0 Å². The van der Waals surface area contributed by atoms with Crippen LogP contribution in [0.15, 0.2) is 30.3 Å². The molecule has 2 unspecified atom stereocenters. The van der Waals surface area contributed by atoms with Crippen molar-refractivity contribution in [2.45, 2.75) is 38.1 Å². The lowest BCUT2D eigenvalue weighted by atomic mass is 10.0. The van der Waals surface area contributed by atoms with Crippen LogP contribution in [0.5, 0.6) is 0 Å². The molecule has 24 heavy (non-hydrogen) atoms. The first-order chi connectivity index (χ1) is 11.6. The normalized spacial score (nSPS) is 17.2. The van der Waals surface area contributed by atoms with Crippen LogP contribution in [0.3, 0.4) is 0 Å². The van der Waals surface area contributed by atoms with Crippen LogP contribution in [-0.4, -0.2) is 49.1 Å². The Hall–Kier alpha value is -1.96. The predicted octanol–water partition coefficient (Wildman–Crippen LogP) is 0.494. The number of ether oxygens (including phenoxy) is 2. The Bertz CT molecular complexity index is 531. The topological polar surface area (TPSA) is 96.9 Å². The summed E-state index contributed by atoms with van der Waals surface area (Å²) in [4.78, 5) is 24.4. The smallest absolute Gasteiger partial charge is 0.247 e. The first-order valence-corrected chi connectivity index (χ1v) is 8.12. The van der Waals surface area contributed by atoms with Gasteiger partial charge in [-0.1, -0.05) is 37.3 Å². The van der Waals surface area contributed by atoms with Crippen LogP contribution in [0.4, 0.5) is 0 Å². The highest BCUT2D eigenvalue weighted by Gasteiger charge is 2.27. The number of aliphatic hydroxyl groups is 1. The van der Waals surface area contributed by atoms with Crippen LogP contribution in [0.25, 0.3) is 0 Å². The number of hydrogen-bond donors (Lipinski definition) is 3. The van der Waals surface area contributed by atoms with Gasteiger partial charge in [-0.05, 0) is 5.56 Å². The van der Waals surface area contributed by atoms with E-state index < -0.39 is 18.4 Å². The summed E-state index contributed by atoms with van der Waals surface area (Å²) in [6, 6.07) is 7.68. The zero-order chi connectivity index (χ0) is 17.4. The van der Waals surface area contributed by atoms with Crippen LogP contribution in [-0.2, 0) is 19.1 Å². The number of carbonyl (C=O) groups excluding carboxylic acids is 2. The van der Waals surface area contributed by atoms with Crippen LogP contribution in [0.1, 0.15) is 31.4 Å². The van der Waals surface area contributed by atoms with Crippen molar-refractivity contribution in [3.8, 4) is 0 Å². The first kappa shape index (κ1) is 18.4. The fourth-order valence-electron chi connectivity index (χ4n) is 2.45. The molecule has 1 fully saturated rings. The molecule has 1 aliphatic heterocycles. The molecule has 0 bridgehead atoms. The van der Waals surface area contributed by atoms with E-state index in [-0.39, 0.29) is 24.8 Å². The van der Waals surface area contributed by atoms with Gasteiger partial charge in [0.1, 0.15) is 6.04 Å². The molecule has 0 aliphatic carbocycles. The number of rotatable bonds is 8. The molecule has 0 aromatic heterocycles. The summed E-state index contributed by atoms with van der Waals surface area (Å²) in [7, 11) is 0. The number of hydrogen-bond acceptors (Lipinski definition) is 5. The van der Waals surface area contributed by atoms with E-state index in [4.69, 9.17) is 9.47 Å². The molecule has 1 aromatic carbocycles.